The number of nitrogens with zero attached hydrogens (tertiary/aromatic N) is 1. The number of thiophene rings is 1. The van der Waals surface area contributed by atoms with Crippen LogP contribution in [0.2, 0.25) is 0 Å². The van der Waals surface area contributed by atoms with Crippen LogP contribution in [0.25, 0.3) is 0 Å². The number of hydrogen-bond acceptors (Lipinski definition) is 3. The van der Waals surface area contributed by atoms with Crippen molar-refractivity contribution < 1.29 is 4.79 Å². The van der Waals surface area contributed by atoms with Crippen LogP contribution in [0.4, 0.5) is 0 Å². The van der Waals surface area contributed by atoms with Gasteiger partial charge in [0, 0.05) is 17.0 Å². The Morgan fingerprint density at radius 2 is 1.95 bits per heavy atom. The maximum atomic E-state index is 12.1. The summed E-state index contributed by atoms with van der Waals surface area (Å²) < 4.78 is 0. The minimum absolute atomic E-state index is 0.0200. The summed E-state index contributed by atoms with van der Waals surface area (Å²) in [5.74, 6) is -0.0200. The Bertz CT molecular complexity index is 546. The first-order chi connectivity index (χ1) is 9.58. The highest BCUT2D eigenvalue weighted by Gasteiger charge is 2.16. The van der Waals surface area contributed by atoms with Crippen molar-refractivity contribution in [2.24, 2.45) is 0 Å². The van der Waals surface area contributed by atoms with Gasteiger partial charge in [0.15, 0.2) is 0 Å². The Labute approximate surface area is 124 Å². The number of likely N-dealkylation sites (N-methyl/N-ethyl adjacent to an activating group) is 1. The summed E-state index contributed by atoms with van der Waals surface area (Å²) >= 11 is 1.72. The van der Waals surface area contributed by atoms with Crippen molar-refractivity contribution in [1.29, 1.82) is 0 Å². The van der Waals surface area contributed by atoms with E-state index in [1.807, 2.05) is 51.4 Å². The van der Waals surface area contributed by atoms with Gasteiger partial charge in [0.25, 0.3) is 5.91 Å². The highest BCUT2D eigenvalue weighted by molar-refractivity contribution is 7.10. The molecule has 1 amide bonds. The van der Waals surface area contributed by atoms with Crippen LogP contribution in [0.1, 0.15) is 26.8 Å². The standard InChI is InChI=1S/C16H20N2OS/c1-12-6-8-13(9-7-12)16(19)17-11-14(18(2)3)15-5-4-10-20-15/h4-10,14H,11H2,1-3H3,(H,17,19)/t14-/m0/s1. The molecular formula is C16H20N2OS. The van der Waals surface area contributed by atoms with Crippen molar-refractivity contribution in [2.75, 3.05) is 20.6 Å². The lowest BCUT2D eigenvalue weighted by molar-refractivity contribution is 0.0942. The number of rotatable bonds is 5. The largest absolute Gasteiger partial charge is 0.350 e. The second kappa shape index (κ2) is 6.68. The van der Waals surface area contributed by atoms with Crippen molar-refractivity contribution in [3.8, 4) is 0 Å². The van der Waals surface area contributed by atoms with Crippen LogP contribution < -0.4 is 5.32 Å². The third-order valence-electron chi connectivity index (χ3n) is 3.26. The van der Waals surface area contributed by atoms with Crippen LogP contribution in [0.3, 0.4) is 0 Å². The summed E-state index contributed by atoms with van der Waals surface area (Å²) in [7, 11) is 4.06. The average molecular weight is 288 g/mol. The number of nitrogens with one attached hydrogen (secondary N) is 1. The molecule has 2 rings (SSSR count). The van der Waals surface area contributed by atoms with Crippen molar-refractivity contribution in [1.82, 2.24) is 10.2 Å². The molecule has 0 bridgehead atoms. The number of benzene rings is 1. The Hall–Kier alpha value is -1.65. The first-order valence-electron chi connectivity index (χ1n) is 6.62. The summed E-state index contributed by atoms with van der Waals surface area (Å²) in [5.41, 5.74) is 1.87. The molecule has 0 radical (unpaired) electrons. The van der Waals surface area contributed by atoms with E-state index >= 15 is 0 Å². The van der Waals surface area contributed by atoms with Crippen molar-refractivity contribution in [3.63, 3.8) is 0 Å². The van der Waals surface area contributed by atoms with E-state index in [9.17, 15) is 4.79 Å². The molecule has 0 aliphatic heterocycles. The van der Waals surface area contributed by atoms with Crippen LogP contribution >= 0.6 is 11.3 Å². The van der Waals surface area contributed by atoms with Gasteiger partial charge in [-0.2, -0.15) is 0 Å². The van der Waals surface area contributed by atoms with Crippen LogP contribution in [0.15, 0.2) is 41.8 Å². The molecule has 106 valence electrons. The Kier molecular flexibility index (Phi) is 4.93. The molecule has 0 unspecified atom stereocenters. The van der Waals surface area contributed by atoms with Gasteiger partial charge in [-0.05, 0) is 44.6 Å². The van der Waals surface area contributed by atoms with E-state index in [1.54, 1.807) is 11.3 Å². The van der Waals surface area contributed by atoms with Crippen LogP contribution in [0.5, 0.6) is 0 Å². The van der Waals surface area contributed by atoms with Gasteiger partial charge in [0.1, 0.15) is 0 Å². The molecule has 1 heterocycles. The van der Waals surface area contributed by atoms with E-state index in [-0.39, 0.29) is 11.9 Å². The smallest absolute Gasteiger partial charge is 0.251 e. The van der Waals surface area contributed by atoms with Gasteiger partial charge in [-0.15, -0.1) is 11.3 Å². The summed E-state index contributed by atoms with van der Waals surface area (Å²) in [4.78, 5) is 15.5. The zero-order chi connectivity index (χ0) is 14.5. The zero-order valence-electron chi connectivity index (χ0n) is 12.1. The summed E-state index contributed by atoms with van der Waals surface area (Å²) in [6, 6.07) is 12.0. The second-order valence-electron chi connectivity index (χ2n) is 5.07. The van der Waals surface area contributed by atoms with Gasteiger partial charge in [-0.25, -0.2) is 0 Å². The van der Waals surface area contributed by atoms with Crippen LogP contribution in [0, 0.1) is 6.92 Å². The maximum absolute atomic E-state index is 12.1. The second-order valence-corrected chi connectivity index (χ2v) is 6.05. The molecule has 4 heteroatoms. The summed E-state index contributed by atoms with van der Waals surface area (Å²) in [6.07, 6.45) is 0. The predicted octanol–water partition coefficient (Wildman–Crippen LogP) is 3.09. The molecule has 0 saturated carbocycles. The lowest BCUT2D eigenvalue weighted by atomic mass is 10.1. The monoisotopic (exact) mass is 288 g/mol. The summed E-state index contributed by atoms with van der Waals surface area (Å²) in [6.45, 7) is 2.63. The number of carbonyl (C=O) groups is 1. The molecule has 0 spiro atoms. The lowest BCUT2D eigenvalue weighted by Crippen LogP contribution is -2.34. The highest BCUT2D eigenvalue weighted by Crippen LogP contribution is 2.22. The fourth-order valence-electron chi connectivity index (χ4n) is 2.01. The Morgan fingerprint density at radius 1 is 1.25 bits per heavy atom. The molecule has 1 aromatic carbocycles. The SMILES string of the molecule is Cc1ccc(C(=O)NC[C@@H](c2cccs2)N(C)C)cc1. The van der Waals surface area contributed by atoms with Gasteiger partial charge in [-0.1, -0.05) is 23.8 Å². The molecular weight excluding hydrogens is 268 g/mol. The lowest BCUT2D eigenvalue weighted by Gasteiger charge is -2.23. The fraction of sp³-hybridized carbons (Fsp3) is 0.312. The number of carbonyl (C=O) groups excluding carboxylic acids is 1. The molecule has 20 heavy (non-hydrogen) atoms. The van der Waals surface area contributed by atoms with Crippen LogP contribution in [-0.4, -0.2) is 31.4 Å². The molecule has 1 aromatic heterocycles. The summed E-state index contributed by atoms with van der Waals surface area (Å²) in [5, 5.41) is 5.08. The first kappa shape index (κ1) is 14.8. The third kappa shape index (κ3) is 3.68. The first-order valence-corrected chi connectivity index (χ1v) is 7.50. The van der Waals surface area contributed by atoms with E-state index in [1.165, 1.54) is 4.88 Å². The van der Waals surface area contributed by atoms with Crippen molar-refractivity contribution >= 4 is 17.2 Å². The topological polar surface area (TPSA) is 32.3 Å². The Balaban J connectivity index is 1.99. The zero-order valence-corrected chi connectivity index (χ0v) is 12.9. The molecule has 0 aliphatic carbocycles. The Morgan fingerprint density at radius 3 is 2.50 bits per heavy atom. The molecule has 0 saturated heterocycles. The average Bonchev–Trinajstić information content (AvgIpc) is 2.93. The van der Waals surface area contributed by atoms with Gasteiger partial charge in [-0.3, -0.25) is 4.79 Å². The maximum Gasteiger partial charge on any atom is 0.251 e. The van der Waals surface area contributed by atoms with Gasteiger partial charge < -0.3 is 10.2 Å². The molecule has 1 atom stereocenters. The number of amides is 1. The van der Waals surface area contributed by atoms with Crippen molar-refractivity contribution in [3.05, 3.63) is 57.8 Å². The van der Waals surface area contributed by atoms with E-state index in [0.29, 0.717) is 12.1 Å². The van der Waals surface area contributed by atoms with Gasteiger partial charge in [0.2, 0.25) is 0 Å². The van der Waals surface area contributed by atoms with E-state index in [2.05, 4.69) is 21.7 Å². The van der Waals surface area contributed by atoms with E-state index < -0.39 is 0 Å². The number of aryl methyl sites for hydroxylation is 1. The minimum Gasteiger partial charge on any atom is -0.350 e. The molecule has 0 fully saturated rings. The molecule has 3 nitrogen and oxygen atoms in total. The van der Waals surface area contributed by atoms with Crippen LogP contribution in [-0.2, 0) is 0 Å². The van der Waals surface area contributed by atoms with E-state index in [4.69, 9.17) is 0 Å². The quantitative estimate of drug-likeness (QED) is 0.917. The predicted molar refractivity (Wildman–Crippen MR) is 84.3 cm³/mol. The number of hydrogen-bond donors (Lipinski definition) is 1. The highest BCUT2D eigenvalue weighted by atomic mass is 32.1. The van der Waals surface area contributed by atoms with Gasteiger partial charge >= 0.3 is 0 Å². The molecule has 0 aliphatic rings. The normalized spacial score (nSPS) is 12.4. The molecule has 1 N–H and O–H groups in total. The van der Waals surface area contributed by atoms with Gasteiger partial charge in [0.05, 0.1) is 6.04 Å². The molecule has 2 aromatic rings. The minimum atomic E-state index is -0.0200. The van der Waals surface area contributed by atoms with Crippen molar-refractivity contribution in [2.45, 2.75) is 13.0 Å². The third-order valence-corrected chi connectivity index (χ3v) is 4.24. The van der Waals surface area contributed by atoms with E-state index in [0.717, 1.165) is 5.56 Å². The fourth-order valence-corrected chi connectivity index (χ4v) is 2.94.